The van der Waals surface area contributed by atoms with Crippen molar-refractivity contribution in [3.05, 3.63) is 62.5 Å². The number of allylic oxidation sites excluding steroid dienone is 2. The van der Waals surface area contributed by atoms with Gasteiger partial charge in [-0.25, -0.2) is 9.59 Å². The minimum absolute atomic E-state index is 0.0489. The molecule has 1 aromatic carbocycles. The molecule has 0 fully saturated rings. The molecule has 9 heteroatoms. The quantitative estimate of drug-likeness (QED) is 0.336. The second kappa shape index (κ2) is 8.05. The van der Waals surface area contributed by atoms with E-state index in [0.29, 0.717) is 17.0 Å². The number of carboxylic acids is 1. The number of ether oxygens (including phenoxy) is 1. The third-order valence-corrected chi connectivity index (χ3v) is 4.29. The Balaban J connectivity index is 2.64. The Labute approximate surface area is 154 Å². The normalized spacial score (nSPS) is 17.0. The molecule has 8 nitrogen and oxygen atoms in total. The van der Waals surface area contributed by atoms with Crippen molar-refractivity contribution in [1.29, 1.82) is 0 Å². The van der Waals surface area contributed by atoms with Crippen LogP contribution < -0.4 is 5.32 Å². The Bertz CT molecular complexity index is 830. The molecule has 26 heavy (non-hydrogen) atoms. The smallest absolute Gasteiger partial charge is 0.337 e. The number of hydrogen-bond donors (Lipinski definition) is 2. The summed E-state index contributed by atoms with van der Waals surface area (Å²) in [6.07, 6.45) is 1.76. The highest BCUT2D eigenvalue weighted by molar-refractivity contribution is 7.98. The van der Waals surface area contributed by atoms with Gasteiger partial charge < -0.3 is 15.2 Å². The summed E-state index contributed by atoms with van der Waals surface area (Å²) in [7, 11) is 0. The first kappa shape index (κ1) is 19.5. The lowest BCUT2D eigenvalue weighted by Crippen LogP contribution is -2.31. The Morgan fingerprint density at radius 3 is 2.54 bits per heavy atom. The second-order valence-corrected chi connectivity index (χ2v) is 6.44. The molecule has 1 aromatic rings. The van der Waals surface area contributed by atoms with Crippen molar-refractivity contribution in [2.45, 2.75) is 19.8 Å². The first-order chi connectivity index (χ1) is 12.3. The average molecular weight is 378 g/mol. The molecule has 1 unspecified atom stereocenters. The van der Waals surface area contributed by atoms with Crippen molar-refractivity contribution < 1.29 is 24.4 Å². The molecule has 138 valence electrons. The van der Waals surface area contributed by atoms with Crippen LogP contribution in [0.15, 0.2) is 46.8 Å². The van der Waals surface area contributed by atoms with Crippen molar-refractivity contribution >= 4 is 29.4 Å². The van der Waals surface area contributed by atoms with Crippen LogP contribution in [0.1, 0.15) is 25.3 Å². The number of rotatable bonds is 6. The molecule has 0 bridgehead atoms. The highest BCUT2D eigenvalue weighted by atomic mass is 32.2. The minimum atomic E-state index is -1.21. The first-order valence-electron chi connectivity index (χ1n) is 7.60. The SMILES string of the molecule is CSCOC(=O)C1=C(C)NC(C)=C(C(=O)O)C1c1cccc([N+](=O)[O-])c1. The zero-order valence-corrected chi connectivity index (χ0v) is 15.3. The predicted octanol–water partition coefficient (Wildman–Crippen LogP) is 2.78. The maximum atomic E-state index is 12.6. The number of benzene rings is 1. The molecule has 2 N–H and O–H groups in total. The van der Waals surface area contributed by atoms with Gasteiger partial charge in [0.2, 0.25) is 0 Å². The lowest BCUT2D eigenvalue weighted by Gasteiger charge is -2.29. The topological polar surface area (TPSA) is 119 Å². The van der Waals surface area contributed by atoms with Crippen molar-refractivity contribution in [3.8, 4) is 0 Å². The number of carboxylic acid groups (broad SMARTS) is 1. The van der Waals surface area contributed by atoms with E-state index in [9.17, 15) is 24.8 Å². The largest absolute Gasteiger partial charge is 0.478 e. The number of nitrogens with zero attached hydrogens (tertiary/aromatic N) is 1. The van der Waals surface area contributed by atoms with Gasteiger partial charge in [0.1, 0.15) is 5.94 Å². The molecule has 1 aliphatic heterocycles. The van der Waals surface area contributed by atoms with Crippen LogP contribution in [0, 0.1) is 10.1 Å². The third kappa shape index (κ3) is 3.88. The van der Waals surface area contributed by atoms with Gasteiger partial charge in [-0.1, -0.05) is 12.1 Å². The van der Waals surface area contributed by atoms with Crippen LogP contribution in [-0.4, -0.2) is 34.2 Å². The standard InChI is InChI=1S/C17H18N2O6S/c1-9-13(16(20)21)15(11-5-4-6-12(7-11)19(23)24)14(10(2)18-9)17(22)25-8-26-3/h4-7,15,18H,8H2,1-3H3,(H,20,21). The number of non-ortho nitro benzene ring substituents is 1. The number of esters is 1. The third-order valence-electron chi connectivity index (χ3n) is 3.93. The van der Waals surface area contributed by atoms with Crippen LogP contribution >= 0.6 is 11.8 Å². The maximum Gasteiger partial charge on any atom is 0.337 e. The molecule has 0 spiro atoms. The van der Waals surface area contributed by atoms with E-state index in [1.807, 2.05) is 0 Å². The fourth-order valence-electron chi connectivity index (χ4n) is 2.89. The summed E-state index contributed by atoms with van der Waals surface area (Å²) in [4.78, 5) is 34.9. The Morgan fingerprint density at radius 2 is 1.96 bits per heavy atom. The number of hydrogen-bond acceptors (Lipinski definition) is 7. The van der Waals surface area contributed by atoms with Crippen LogP contribution in [0.4, 0.5) is 5.69 Å². The molecule has 1 atom stereocenters. The van der Waals surface area contributed by atoms with Crippen molar-refractivity contribution in [1.82, 2.24) is 5.32 Å². The molecule has 1 aliphatic rings. The molecular weight excluding hydrogens is 360 g/mol. The number of thioether (sulfide) groups is 1. The molecule has 2 rings (SSSR count). The molecular formula is C17H18N2O6S. The lowest BCUT2D eigenvalue weighted by atomic mass is 9.80. The van der Waals surface area contributed by atoms with Crippen LogP contribution in [0.2, 0.25) is 0 Å². The molecule has 0 radical (unpaired) electrons. The monoisotopic (exact) mass is 378 g/mol. The molecule has 0 aliphatic carbocycles. The zero-order valence-electron chi connectivity index (χ0n) is 14.4. The Hall–Kier alpha value is -2.81. The number of dihydropyridines is 1. The van der Waals surface area contributed by atoms with Crippen LogP contribution in [-0.2, 0) is 14.3 Å². The highest BCUT2D eigenvalue weighted by Crippen LogP contribution is 2.39. The van der Waals surface area contributed by atoms with E-state index in [1.54, 1.807) is 26.2 Å². The number of nitrogens with one attached hydrogen (secondary N) is 1. The van der Waals surface area contributed by atoms with E-state index in [1.165, 1.54) is 30.0 Å². The number of aliphatic carboxylic acids is 1. The van der Waals surface area contributed by atoms with Gasteiger partial charge in [-0.2, -0.15) is 0 Å². The van der Waals surface area contributed by atoms with E-state index < -0.39 is 22.8 Å². The van der Waals surface area contributed by atoms with E-state index in [-0.39, 0.29) is 22.8 Å². The van der Waals surface area contributed by atoms with E-state index >= 15 is 0 Å². The summed E-state index contributed by atoms with van der Waals surface area (Å²) < 4.78 is 5.17. The summed E-state index contributed by atoms with van der Waals surface area (Å²) in [5, 5.41) is 23.7. The van der Waals surface area contributed by atoms with E-state index in [4.69, 9.17) is 4.74 Å². The molecule has 1 heterocycles. The summed E-state index contributed by atoms with van der Waals surface area (Å²) in [5.41, 5.74) is 1.06. The van der Waals surface area contributed by atoms with Gasteiger partial charge in [0, 0.05) is 23.5 Å². The van der Waals surface area contributed by atoms with Gasteiger partial charge in [0.05, 0.1) is 22.0 Å². The molecule has 0 amide bonds. The minimum Gasteiger partial charge on any atom is -0.478 e. The van der Waals surface area contributed by atoms with Gasteiger partial charge in [0.25, 0.3) is 5.69 Å². The van der Waals surface area contributed by atoms with Crippen LogP contribution in [0.3, 0.4) is 0 Å². The highest BCUT2D eigenvalue weighted by Gasteiger charge is 2.37. The number of carbonyl (C=O) groups excluding carboxylic acids is 1. The van der Waals surface area contributed by atoms with Crippen LogP contribution in [0.25, 0.3) is 0 Å². The fourth-order valence-corrected chi connectivity index (χ4v) is 3.11. The number of nitro groups is 1. The molecule has 0 saturated heterocycles. The van der Waals surface area contributed by atoms with Gasteiger partial charge >= 0.3 is 11.9 Å². The Morgan fingerprint density at radius 1 is 1.31 bits per heavy atom. The van der Waals surface area contributed by atoms with Gasteiger partial charge in [-0.15, -0.1) is 11.8 Å². The number of nitro benzene ring substituents is 1. The summed E-state index contributed by atoms with van der Waals surface area (Å²) >= 11 is 1.30. The maximum absolute atomic E-state index is 12.6. The molecule has 0 saturated carbocycles. The lowest BCUT2D eigenvalue weighted by molar-refractivity contribution is -0.384. The summed E-state index contributed by atoms with van der Waals surface area (Å²) in [5.74, 6) is -2.73. The Kier molecular flexibility index (Phi) is 6.04. The predicted molar refractivity (Wildman–Crippen MR) is 96.5 cm³/mol. The second-order valence-electron chi connectivity index (χ2n) is 5.63. The van der Waals surface area contributed by atoms with Crippen molar-refractivity contribution in [2.24, 2.45) is 0 Å². The van der Waals surface area contributed by atoms with Crippen molar-refractivity contribution in [2.75, 3.05) is 12.2 Å². The van der Waals surface area contributed by atoms with Crippen LogP contribution in [0.5, 0.6) is 0 Å². The van der Waals surface area contributed by atoms with E-state index in [0.717, 1.165) is 0 Å². The van der Waals surface area contributed by atoms with E-state index in [2.05, 4.69) is 5.32 Å². The van der Waals surface area contributed by atoms with Crippen molar-refractivity contribution in [3.63, 3.8) is 0 Å². The van der Waals surface area contributed by atoms with Gasteiger partial charge in [-0.3, -0.25) is 10.1 Å². The van der Waals surface area contributed by atoms with Gasteiger partial charge in [-0.05, 0) is 25.7 Å². The average Bonchev–Trinajstić information content (AvgIpc) is 2.58. The summed E-state index contributed by atoms with van der Waals surface area (Å²) in [6.45, 7) is 3.23. The fraction of sp³-hybridized carbons (Fsp3) is 0.294. The summed E-state index contributed by atoms with van der Waals surface area (Å²) in [6, 6.07) is 5.62. The first-order valence-corrected chi connectivity index (χ1v) is 8.99. The van der Waals surface area contributed by atoms with Gasteiger partial charge in [0.15, 0.2) is 0 Å². The molecule has 0 aromatic heterocycles. The number of carbonyl (C=O) groups is 2. The zero-order chi connectivity index (χ0) is 19.4.